The minimum atomic E-state index is -1.85. The number of hydrogen-bond donors (Lipinski definition) is 2. The summed E-state index contributed by atoms with van der Waals surface area (Å²) in [6.45, 7) is 9.48. The summed E-state index contributed by atoms with van der Waals surface area (Å²) in [5.74, 6) is -0.569. The zero-order valence-corrected chi connectivity index (χ0v) is 21.3. The van der Waals surface area contributed by atoms with Gasteiger partial charge in [0.25, 0.3) is 5.91 Å². The van der Waals surface area contributed by atoms with Crippen molar-refractivity contribution in [3.63, 3.8) is 0 Å². The van der Waals surface area contributed by atoms with Gasteiger partial charge in [0, 0.05) is 17.5 Å². The van der Waals surface area contributed by atoms with E-state index in [0.29, 0.717) is 27.7 Å². The number of aliphatic hydroxyl groups is 1. The number of nitrogens with zero attached hydrogens (tertiary/aromatic N) is 1. The Labute approximate surface area is 211 Å². The number of anilines is 1. The van der Waals surface area contributed by atoms with Crippen molar-refractivity contribution in [3.05, 3.63) is 112 Å². The van der Waals surface area contributed by atoms with Crippen molar-refractivity contribution in [1.82, 2.24) is 5.16 Å². The first-order valence-electron chi connectivity index (χ1n) is 12.0. The minimum Gasteiger partial charge on any atom is -0.375 e. The molecule has 0 radical (unpaired) electrons. The van der Waals surface area contributed by atoms with E-state index in [1.807, 2.05) is 82.3 Å². The molecule has 186 valence electrons. The summed E-state index contributed by atoms with van der Waals surface area (Å²) >= 11 is 0. The van der Waals surface area contributed by atoms with Crippen molar-refractivity contribution < 1.29 is 14.4 Å². The Hall–Kier alpha value is -4.03. The predicted octanol–water partition coefficient (Wildman–Crippen LogP) is 5.85. The molecule has 3 aromatic carbocycles. The Kier molecular flexibility index (Phi) is 8.56. The third-order valence-electron chi connectivity index (χ3n) is 6.00. The first-order valence-corrected chi connectivity index (χ1v) is 12.0. The minimum absolute atomic E-state index is 0.0887. The Morgan fingerprint density at radius 2 is 1.67 bits per heavy atom. The molecular weight excluding hydrogens is 452 g/mol. The fourth-order valence-corrected chi connectivity index (χ4v) is 4.22. The summed E-state index contributed by atoms with van der Waals surface area (Å²) in [6.07, 6.45) is 1.87. The van der Waals surface area contributed by atoms with E-state index in [1.165, 1.54) is 0 Å². The topological polar surface area (TPSA) is 92.4 Å². The highest BCUT2D eigenvalue weighted by atomic mass is 16.5. The maximum atomic E-state index is 13.7. The van der Waals surface area contributed by atoms with Crippen LogP contribution in [-0.2, 0) is 11.2 Å². The van der Waals surface area contributed by atoms with Gasteiger partial charge in [0.15, 0.2) is 5.60 Å². The van der Waals surface area contributed by atoms with Crippen LogP contribution in [0.15, 0.2) is 88.2 Å². The second-order valence-corrected chi connectivity index (χ2v) is 8.31. The molecule has 0 aliphatic heterocycles. The van der Waals surface area contributed by atoms with E-state index in [2.05, 4.69) is 10.5 Å². The van der Waals surface area contributed by atoms with Crippen LogP contribution < -0.4 is 10.9 Å². The molecule has 0 saturated carbocycles. The van der Waals surface area contributed by atoms with Gasteiger partial charge in [-0.25, -0.2) is 4.79 Å². The molecule has 1 heterocycles. The lowest BCUT2D eigenvalue weighted by Crippen LogP contribution is -2.46. The van der Waals surface area contributed by atoms with Crippen LogP contribution in [0.5, 0.6) is 0 Å². The van der Waals surface area contributed by atoms with Crippen molar-refractivity contribution in [1.29, 1.82) is 0 Å². The molecule has 0 spiro atoms. The van der Waals surface area contributed by atoms with Crippen molar-refractivity contribution in [2.45, 2.75) is 46.6 Å². The third-order valence-corrected chi connectivity index (χ3v) is 6.00. The van der Waals surface area contributed by atoms with Gasteiger partial charge < -0.3 is 14.9 Å². The molecule has 6 heteroatoms. The highest BCUT2D eigenvalue weighted by Gasteiger charge is 2.41. The summed E-state index contributed by atoms with van der Waals surface area (Å²) < 4.78 is 4.78. The number of aromatic nitrogens is 1. The molecular formula is C30H32N2O4. The predicted molar refractivity (Wildman–Crippen MR) is 145 cm³/mol. The molecule has 0 saturated heterocycles. The first kappa shape index (κ1) is 26.6. The van der Waals surface area contributed by atoms with Gasteiger partial charge in [0.2, 0.25) is 0 Å². The first-order chi connectivity index (χ1) is 17.3. The smallest absolute Gasteiger partial charge is 0.366 e. The molecule has 1 atom stereocenters. The van der Waals surface area contributed by atoms with Crippen LogP contribution in [0, 0.1) is 13.8 Å². The lowest BCUT2D eigenvalue weighted by Gasteiger charge is -2.31. The van der Waals surface area contributed by atoms with Gasteiger partial charge in [-0.15, -0.1) is 0 Å². The number of amides is 1. The van der Waals surface area contributed by atoms with Crippen LogP contribution in [-0.4, -0.2) is 21.8 Å². The van der Waals surface area contributed by atoms with Crippen molar-refractivity contribution in [2.75, 3.05) is 5.32 Å². The highest BCUT2D eigenvalue weighted by molar-refractivity contribution is 6.07. The van der Waals surface area contributed by atoms with E-state index >= 15 is 0 Å². The monoisotopic (exact) mass is 484 g/mol. The second kappa shape index (κ2) is 11.6. The van der Waals surface area contributed by atoms with E-state index in [9.17, 15) is 14.7 Å². The van der Waals surface area contributed by atoms with Crippen LogP contribution >= 0.6 is 0 Å². The number of carbonyl (C=O) groups is 1. The summed E-state index contributed by atoms with van der Waals surface area (Å²) in [6, 6.07) is 21.9. The van der Waals surface area contributed by atoms with Gasteiger partial charge in [0.05, 0.1) is 11.1 Å². The molecule has 6 nitrogen and oxygen atoms in total. The SMILES string of the molecule is C/C=C(\c1ccccc1C)C(O)(Cc1ccccc1)C(=O)Nc1ccc2c(=O)onc(C)c2c1.CC. The van der Waals surface area contributed by atoms with Gasteiger partial charge in [-0.05, 0) is 61.2 Å². The van der Waals surface area contributed by atoms with Crippen LogP contribution in [0.2, 0.25) is 0 Å². The molecule has 1 amide bonds. The van der Waals surface area contributed by atoms with E-state index in [-0.39, 0.29) is 6.42 Å². The summed E-state index contributed by atoms with van der Waals surface area (Å²) in [5, 5.41) is 19.6. The average molecular weight is 485 g/mol. The van der Waals surface area contributed by atoms with E-state index in [0.717, 1.165) is 16.7 Å². The molecule has 4 aromatic rings. The number of fused-ring (bicyclic) bond motifs is 1. The van der Waals surface area contributed by atoms with Gasteiger partial charge in [0.1, 0.15) is 0 Å². The fraction of sp³-hybridized carbons (Fsp3) is 0.233. The Morgan fingerprint density at radius 3 is 2.33 bits per heavy atom. The Balaban J connectivity index is 0.00000176. The fourth-order valence-electron chi connectivity index (χ4n) is 4.22. The molecule has 0 fully saturated rings. The maximum Gasteiger partial charge on any atom is 0.366 e. The van der Waals surface area contributed by atoms with Gasteiger partial charge >= 0.3 is 5.63 Å². The van der Waals surface area contributed by atoms with Gasteiger partial charge in [-0.1, -0.05) is 79.7 Å². The molecule has 4 rings (SSSR count). The van der Waals surface area contributed by atoms with Crippen molar-refractivity contribution >= 4 is 27.9 Å². The van der Waals surface area contributed by atoms with Crippen molar-refractivity contribution in [3.8, 4) is 0 Å². The molecule has 1 aromatic heterocycles. The zero-order valence-electron chi connectivity index (χ0n) is 21.3. The lowest BCUT2D eigenvalue weighted by molar-refractivity contribution is -0.128. The third kappa shape index (κ3) is 5.44. The number of nitrogens with one attached hydrogen (secondary N) is 1. The second-order valence-electron chi connectivity index (χ2n) is 8.31. The quantitative estimate of drug-likeness (QED) is 0.358. The van der Waals surface area contributed by atoms with E-state index in [4.69, 9.17) is 4.52 Å². The summed E-state index contributed by atoms with van der Waals surface area (Å²) in [5.41, 5.74) is 1.67. The summed E-state index contributed by atoms with van der Waals surface area (Å²) in [7, 11) is 0. The molecule has 0 aliphatic carbocycles. The number of hydrogen-bond acceptors (Lipinski definition) is 5. The number of aryl methyl sites for hydroxylation is 2. The normalized spacial score (nSPS) is 12.9. The Bertz CT molecular complexity index is 1440. The maximum absolute atomic E-state index is 13.7. The Morgan fingerprint density at radius 1 is 1.00 bits per heavy atom. The zero-order chi connectivity index (χ0) is 26.3. The molecule has 36 heavy (non-hydrogen) atoms. The standard InChI is InChI=1S/C28H26N2O4.C2H6/c1-4-25(22-13-9-8-10-18(22)2)28(33,17-20-11-6-5-7-12-20)27(32)29-21-14-15-23-24(16-21)19(3)30-34-26(23)31;1-2/h4-16,33H,17H2,1-3H3,(H,29,32);1-2H3/b25-4+;. The average Bonchev–Trinajstić information content (AvgIpc) is 2.89. The van der Waals surface area contributed by atoms with Crippen LogP contribution in [0.3, 0.4) is 0 Å². The highest BCUT2D eigenvalue weighted by Crippen LogP contribution is 2.34. The number of benzene rings is 3. The van der Waals surface area contributed by atoms with Crippen molar-refractivity contribution in [2.24, 2.45) is 0 Å². The number of rotatable bonds is 6. The van der Waals surface area contributed by atoms with Crippen LogP contribution in [0.1, 0.15) is 43.2 Å². The molecule has 1 unspecified atom stereocenters. The van der Waals surface area contributed by atoms with Crippen LogP contribution in [0.25, 0.3) is 16.3 Å². The number of allylic oxidation sites excluding steroid dienone is 1. The molecule has 2 N–H and O–H groups in total. The van der Waals surface area contributed by atoms with E-state index < -0.39 is 17.1 Å². The van der Waals surface area contributed by atoms with Crippen LogP contribution in [0.4, 0.5) is 5.69 Å². The van der Waals surface area contributed by atoms with Gasteiger partial charge in [-0.3, -0.25) is 4.79 Å². The largest absolute Gasteiger partial charge is 0.375 e. The number of carbonyl (C=O) groups excluding carboxylic acids is 1. The molecule has 0 aliphatic rings. The van der Waals surface area contributed by atoms with Gasteiger partial charge in [-0.2, -0.15) is 0 Å². The molecule has 0 bridgehead atoms. The lowest BCUT2D eigenvalue weighted by atomic mass is 9.80. The van der Waals surface area contributed by atoms with E-state index in [1.54, 1.807) is 31.2 Å². The summed E-state index contributed by atoms with van der Waals surface area (Å²) in [4.78, 5) is 25.7.